The summed E-state index contributed by atoms with van der Waals surface area (Å²) in [7, 11) is 0. The lowest BCUT2D eigenvalue weighted by molar-refractivity contribution is 0.0952. The summed E-state index contributed by atoms with van der Waals surface area (Å²) in [5, 5.41) is 6.20. The summed E-state index contributed by atoms with van der Waals surface area (Å²) < 4.78 is 0. The summed E-state index contributed by atoms with van der Waals surface area (Å²) in [4.78, 5) is 23.6. The van der Waals surface area contributed by atoms with Crippen LogP contribution < -0.4 is 10.6 Å². The van der Waals surface area contributed by atoms with Gasteiger partial charge in [-0.3, -0.25) is 4.79 Å². The van der Waals surface area contributed by atoms with Crippen molar-refractivity contribution in [3.8, 4) is 11.3 Å². The van der Waals surface area contributed by atoms with Gasteiger partial charge in [0.1, 0.15) is 0 Å². The normalized spacial score (nSPS) is 10.8. The van der Waals surface area contributed by atoms with E-state index in [9.17, 15) is 4.79 Å². The van der Waals surface area contributed by atoms with Gasteiger partial charge in [0.25, 0.3) is 5.91 Å². The van der Waals surface area contributed by atoms with Gasteiger partial charge in [-0.25, -0.2) is 9.97 Å². The molecular weight excluding hydrogens is 386 g/mol. The molecule has 2 aromatic carbocycles. The number of aromatic nitrogens is 2. The average Bonchev–Trinajstić information content (AvgIpc) is 2.80. The molecule has 6 heteroatoms. The van der Waals surface area contributed by atoms with E-state index in [0.717, 1.165) is 43.0 Å². The Kier molecular flexibility index (Phi) is 8.12. The van der Waals surface area contributed by atoms with Crippen LogP contribution in [0.2, 0.25) is 0 Å². The molecule has 31 heavy (non-hydrogen) atoms. The van der Waals surface area contributed by atoms with Crippen LogP contribution in [0.1, 0.15) is 36.2 Å². The number of amides is 1. The van der Waals surface area contributed by atoms with Crippen LogP contribution in [0.25, 0.3) is 11.3 Å². The zero-order chi connectivity index (χ0) is 22.1. The van der Waals surface area contributed by atoms with E-state index >= 15 is 0 Å². The van der Waals surface area contributed by atoms with Crippen molar-refractivity contribution in [3.05, 3.63) is 71.9 Å². The van der Waals surface area contributed by atoms with Gasteiger partial charge in [0, 0.05) is 29.6 Å². The van der Waals surface area contributed by atoms with Crippen molar-refractivity contribution in [2.75, 3.05) is 31.5 Å². The van der Waals surface area contributed by atoms with E-state index in [1.54, 1.807) is 6.20 Å². The number of anilines is 2. The first-order chi connectivity index (χ1) is 15.1. The minimum Gasteiger partial charge on any atom is -0.352 e. The van der Waals surface area contributed by atoms with Gasteiger partial charge in [0.2, 0.25) is 5.95 Å². The molecule has 0 unspecified atom stereocenters. The fraction of sp³-hybridized carbons (Fsp3) is 0.320. The molecule has 0 radical (unpaired) electrons. The lowest BCUT2D eigenvalue weighted by Gasteiger charge is -2.17. The van der Waals surface area contributed by atoms with E-state index in [2.05, 4.69) is 70.5 Å². The zero-order valence-corrected chi connectivity index (χ0v) is 18.6. The summed E-state index contributed by atoms with van der Waals surface area (Å²) in [5.74, 6) is 0.468. The van der Waals surface area contributed by atoms with Gasteiger partial charge in [-0.2, -0.15) is 0 Å². The summed E-state index contributed by atoms with van der Waals surface area (Å²) in [6.45, 7) is 10.1. The number of hydrogen-bond acceptors (Lipinski definition) is 5. The molecule has 0 aliphatic heterocycles. The number of nitrogens with one attached hydrogen (secondary N) is 2. The zero-order valence-electron chi connectivity index (χ0n) is 18.6. The van der Waals surface area contributed by atoms with Crippen LogP contribution in [0.4, 0.5) is 11.6 Å². The van der Waals surface area contributed by atoms with E-state index in [1.807, 2.05) is 30.3 Å². The maximum atomic E-state index is 12.4. The predicted molar refractivity (Wildman–Crippen MR) is 127 cm³/mol. The summed E-state index contributed by atoms with van der Waals surface area (Å²) in [5.41, 5.74) is 4.59. The Morgan fingerprint density at radius 3 is 2.35 bits per heavy atom. The summed E-state index contributed by atoms with van der Waals surface area (Å²) >= 11 is 0. The summed E-state index contributed by atoms with van der Waals surface area (Å²) in [6, 6.07) is 17.5. The molecule has 0 saturated heterocycles. The van der Waals surface area contributed by atoms with Gasteiger partial charge in [-0.05, 0) is 63.3 Å². The van der Waals surface area contributed by atoms with E-state index in [-0.39, 0.29) is 5.91 Å². The topological polar surface area (TPSA) is 70.2 Å². The average molecular weight is 418 g/mol. The second-order valence-corrected chi connectivity index (χ2v) is 7.47. The molecule has 0 aliphatic carbocycles. The third kappa shape index (κ3) is 6.62. The first-order valence-corrected chi connectivity index (χ1v) is 10.9. The molecule has 1 amide bonds. The number of carbonyl (C=O) groups excluding carboxylic acids is 1. The molecule has 1 heterocycles. The summed E-state index contributed by atoms with van der Waals surface area (Å²) in [6.07, 6.45) is 2.69. The molecule has 0 aliphatic rings. The van der Waals surface area contributed by atoms with Crippen molar-refractivity contribution in [2.45, 2.75) is 27.2 Å². The van der Waals surface area contributed by atoms with E-state index in [0.29, 0.717) is 18.1 Å². The third-order valence-electron chi connectivity index (χ3n) is 5.24. The van der Waals surface area contributed by atoms with Gasteiger partial charge in [-0.15, -0.1) is 0 Å². The van der Waals surface area contributed by atoms with Crippen molar-refractivity contribution in [1.82, 2.24) is 20.2 Å². The highest BCUT2D eigenvalue weighted by molar-refractivity contribution is 5.94. The van der Waals surface area contributed by atoms with Gasteiger partial charge >= 0.3 is 0 Å². The molecule has 2 N–H and O–H groups in total. The number of hydrogen-bond donors (Lipinski definition) is 2. The maximum absolute atomic E-state index is 12.4. The Morgan fingerprint density at radius 1 is 0.968 bits per heavy atom. The Morgan fingerprint density at radius 2 is 1.68 bits per heavy atom. The quantitative estimate of drug-likeness (QED) is 0.470. The molecule has 3 aromatic rings. The van der Waals surface area contributed by atoms with Gasteiger partial charge in [0.05, 0.1) is 5.69 Å². The highest BCUT2D eigenvalue weighted by atomic mass is 16.1. The largest absolute Gasteiger partial charge is 0.352 e. The Balaban J connectivity index is 1.55. The predicted octanol–water partition coefficient (Wildman–Crippen LogP) is 4.66. The van der Waals surface area contributed by atoms with Crippen LogP contribution in [0.3, 0.4) is 0 Å². The van der Waals surface area contributed by atoms with Gasteiger partial charge in [-0.1, -0.05) is 43.7 Å². The van der Waals surface area contributed by atoms with Crippen LogP contribution in [-0.4, -0.2) is 47.0 Å². The van der Waals surface area contributed by atoms with Gasteiger partial charge in [0.15, 0.2) is 0 Å². The SMILES string of the molecule is CCN(CC)CCCNC(=O)c1ccc(Nc2nccc(-c3ccc(C)cc3)n2)cc1. The molecule has 162 valence electrons. The first-order valence-electron chi connectivity index (χ1n) is 10.9. The number of aryl methyl sites for hydroxylation is 1. The molecule has 6 nitrogen and oxygen atoms in total. The highest BCUT2D eigenvalue weighted by Gasteiger charge is 2.07. The Labute approximate surface area is 184 Å². The minimum absolute atomic E-state index is 0.0521. The van der Waals surface area contributed by atoms with Crippen molar-refractivity contribution in [1.29, 1.82) is 0 Å². The second kappa shape index (κ2) is 11.2. The number of rotatable bonds is 10. The number of benzene rings is 2. The van der Waals surface area contributed by atoms with Crippen molar-refractivity contribution < 1.29 is 4.79 Å². The second-order valence-electron chi connectivity index (χ2n) is 7.47. The Hall–Kier alpha value is -3.25. The van der Waals surface area contributed by atoms with Gasteiger partial charge < -0.3 is 15.5 Å². The molecule has 0 spiro atoms. The molecule has 3 rings (SSSR count). The molecule has 0 fully saturated rings. The molecule has 0 saturated carbocycles. The van der Waals surface area contributed by atoms with E-state index in [4.69, 9.17) is 0 Å². The highest BCUT2D eigenvalue weighted by Crippen LogP contribution is 2.20. The number of carbonyl (C=O) groups is 1. The van der Waals surface area contributed by atoms with Crippen LogP contribution in [0, 0.1) is 6.92 Å². The van der Waals surface area contributed by atoms with Crippen LogP contribution >= 0.6 is 0 Å². The van der Waals surface area contributed by atoms with Crippen LogP contribution in [-0.2, 0) is 0 Å². The molecule has 0 atom stereocenters. The van der Waals surface area contributed by atoms with Crippen LogP contribution in [0.15, 0.2) is 60.8 Å². The van der Waals surface area contributed by atoms with E-state index < -0.39 is 0 Å². The lowest BCUT2D eigenvalue weighted by Crippen LogP contribution is -2.29. The Bertz CT molecular complexity index is 966. The van der Waals surface area contributed by atoms with E-state index in [1.165, 1.54) is 5.56 Å². The first kappa shape index (κ1) is 22.4. The molecule has 1 aromatic heterocycles. The lowest BCUT2D eigenvalue weighted by atomic mass is 10.1. The fourth-order valence-corrected chi connectivity index (χ4v) is 3.28. The van der Waals surface area contributed by atoms with Crippen molar-refractivity contribution in [3.63, 3.8) is 0 Å². The smallest absolute Gasteiger partial charge is 0.251 e. The minimum atomic E-state index is -0.0521. The third-order valence-corrected chi connectivity index (χ3v) is 5.24. The number of nitrogens with zero attached hydrogens (tertiary/aromatic N) is 3. The van der Waals surface area contributed by atoms with Crippen molar-refractivity contribution >= 4 is 17.5 Å². The fourth-order valence-electron chi connectivity index (χ4n) is 3.28. The molecular formula is C25H31N5O. The van der Waals surface area contributed by atoms with Crippen molar-refractivity contribution in [2.24, 2.45) is 0 Å². The standard InChI is InChI=1S/C25H31N5O/c1-4-30(5-2)18-6-16-26-24(31)21-11-13-22(14-12-21)28-25-27-17-15-23(29-25)20-9-7-19(3)8-10-20/h7-15,17H,4-6,16,18H2,1-3H3,(H,26,31)(H,27,28,29). The molecule has 0 bridgehead atoms. The monoisotopic (exact) mass is 417 g/mol. The maximum Gasteiger partial charge on any atom is 0.251 e. The van der Waals surface area contributed by atoms with Crippen LogP contribution in [0.5, 0.6) is 0 Å².